The molecular weight excluding hydrogens is 450 g/mol. The van der Waals surface area contributed by atoms with Crippen molar-refractivity contribution in [2.24, 2.45) is 0 Å². The Bertz CT molecular complexity index is 1070. The lowest BCUT2D eigenvalue weighted by Gasteiger charge is -2.33. The van der Waals surface area contributed by atoms with E-state index in [2.05, 4.69) is 5.32 Å². The van der Waals surface area contributed by atoms with E-state index in [0.717, 1.165) is 21.7 Å². The number of para-hydroxylation sites is 1. The number of anilines is 1. The number of carbonyl (C=O) groups is 2. The van der Waals surface area contributed by atoms with Gasteiger partial charge in [0.25, 0.3) is 0 Å². The molecule has 2 aromatic carbocycles. The van der Waals surface area contributed by atoms with E-state index in [1.54, 1.807) is 12.1 Å². The van der Waals surface area contributed by atoms with Crippen LogP contribution >= 0.6 is 0 Å². The molecule has 2 aromatic rings. The molecule has 0 radical (unpaired) electrons. The Balaban J connectivity index is 2.48. The number of carbonyl (C=O) groups excluding carboxylic acids is 2. The monoisotopic (exact) mass is 487 g/mol. The zero-order valence-corrected chi connectivity index (χ0v) is 21.8. The summed E-state index contributed by atoms with van der Waals surface area (Å²) in [7, 11) is -3.76. The second kappa shape index (κ2) is 12.0. The second-order valence-electron chi connectivity index (χ2n) is 9.08. The Morgan fingerprint density at radius 1 is 0.941 bits per heavy atom. The van der Waals surface area contributed by atoms with Gasteiger partial charge in [0.2, 0.25) is 21.8 Å². The van der Waals surface area contributed by atoms with Gasteiger partial charge in [-0.25, -0.2) is 8.42 Å². The van der Waals surface area contributed by atoms with E-state index in [4.69, 9.17) is 0 Å². The van der Waals surface area contributed by atoms with Crippen molar-refractivity contribution in [2.75, 3.05) is 17.1 Å². The summed E-state index contributed by atoms with van der Waals surface area (Å²) in [5.41, 5.74) is 2.17. The summed E-state index contributed by atoms with van der Waals surface area (Å²) in [6, 6.07) is 15.8. The molecule has 1 N–H and O–H groups in total. The van der Waals surface area contributed by atoms with Gasteiger partial charge in [0.15, 0.2) is 0 Å². The molecule has 186 valence electrons. The molecule has 2 amide bonds. The molecule has 0 heterocycles. The van der Waals surface area contributed by atoms with Gasteiger partial charge in [-0.05, 0) is 43.4 Å². The van der Waals surface area contributed by atoms with Gasteiger partial charge in [-0.3, -0.25) is 13.9 Å². The first-order chi connectivity index (χ1) is 16.0. The molecule has 34 heavy (non-hydrogen) atoms. The highest BCUT2D eigenvalue weighted by Crippen LogP contribution is 2.29. The smallest absolute Gasteiger partial charge is 0.244 e. The first kappa shape index (κ1) is 27.4. The van der Waals surface area contributed by atoms with E-state index in [0.29, 0.717) is 12.1 Å². The SMILES string of the molecule is CC[C@@H](C(=O)NC(C)C)N(Cc1ccccc1)C(=O)CN(c1ccccc1C(C)C)S(C)(=O)=O. The van der Waals surface area contributed by atoms with Crippen molar-refractivity contribution in [3.8, 4) is 0 Å². The van der Waals surface area contributed by atoms with Crippen LogP contribution in [-0.2, 0) is 26.2 Å². The van der Waals surface area contributed by atoms with Crippen molar-refractivity contribution in [2.45, 2.75) is 65.6 Å². The Morgan fingerprint density at radius 2 is 1.53 bits per heavy atom. The Morgan fingerprint density at radius 3 is 2.06 bits per heavy atom. The van der Waals surface area contributed by atoms with Gasteiger partial charge in [0.1, 0.15) is 12.6 Å². The Hall–Kier alpha value is -2.87. The molecule has 0 spiro atoms. The Labute approximate surface area is 204 Å². The summed E-state index contributed by atoms with van der Waals surface area (Å²) >= 11 is 0. The summed E-state index contributed by atoms with van der Waals surface area (Å²) < 4.78 is 26.8. The Kier molecular flexibility index (Phi) is 9.67. The van der Waals surface area contributed by atoms with E-state index in [1.165, 1.54) is 4.90 Å². The van der Waals surface area contributed by atoms with Gasteiger partial charge in [0.05, 0.1) is 11.9 Å². The lowest BCUT2D eigenvalue weighted by Crippen LogP contribution is -2.53. The maximum absolute atomic E-state index is 13.7. The van der Waals surface area contributed by atoms with Gasteiger partial charge in [-0.1, -0.05) is 69.3 Å². The standard InChI is InChI=1S/C26H37N3O4S/c1-7-23(26(31)27-20(4)5)28(17-21-13-9-8-10-14-21)25(30)18-29(34(6,32)33)24-16-12-11-15-22(24)19(2)3/h8-16,19-20,23H,7,17-18H2,1-6H3,(H,27,31)/t23-/m0/s1. The van der Waals surface area contributed by atoms with Crippen LogP contribution in [0.25, 0.3) is 0 Å². The zero-order chi connectivity index (χ0) is 25.5. The summed E-state index contributed by atoms with van der Waals surface area (Å²) in [6.07, 6.45) is 1.50. The van der Waals surface area contributed by atoms with Crippen LogP contribution in [0.5, 0.6) is 0 Å². The van der Waals surface area contributed by atoms with Gasteiger partial charge in [-0.15, -0.1) is 0 Å². The molecular formula is C26H37N3O4S. The quantitative estimate of drug-likeness (QED) is 0.521. The molecule has 8 heteroatoms. The summed E-state index contributed by atoms with van der Waals surface area (Å²) in [5.74, 6) is -0.620. The predicted molar refractivity (Wildman–Crippen MR) is 137 cm³/mol. The van der Waals surface area contributed by atoms with Crippen LogP contribution in [0.15, 0.2) is 54.6 Å². The number of nitrogens with zero attached hydrogens (tertiary/aromatic N) is 2. The first-order valence-corrected chi connectivity index (χ1v) is 13.5. The number of benzene rings is 2. The van der Waals surface area contributed by atoms with Crippen molar-refractivity contribution >= 4 is 27.5 Å². The lowest BCUT2D eigenvalue weighted by molar-refractivity contribution is -0.140. The third kappa shape index (κ3) is 7.32. The second-order valence-corrected chi connectivity index (χ2v) is 11.0. The van der Waals surface area contributed by atoms with Gasteiger partial charge in [0, 0.05) is 12.6 Å². The fourth-order valence-corrected chi connectivity index (χ4v) is 4.75. The van der Waals surface area contributed by atoms with Crippen LogP contribution in [0, 0.1) is 0 Å². The highest BCUT2D eigenvalue weighted by Gasteiger charge is 2.32. The van der Waals surface area contributed by atoms with Crippen molar-refractivity contribution in [1.82, 2.24) is 10.2 Å². The van der Waals surface area contributed by atoms with E-state index in [9.17, 15) is 18.0 Å². The van der Waals surface area contributed by atoms with Crippen molar-refractivity contribution in [3.63, 3.8) is 0 Å². The van der Waals surface area contributed by atoms with Crippen LogP contribution in [0.1, 0.15) is 58.1 Å². The molecule has 0 bridgehead atoms. The number of sulfonamides is 1. The average molecular weight is 488 g/mol. The molecule has 0 unspecified atom stereocenters. The minimum Gasteiger partial charge on any atom is -0.352 e. The molecule has 0 saturated heterocycles. The summed E-state index contributed by atoms with van der Waals surface area (Å²) in [6.45, 7) is 9.34. The van der Waals surface area contributed by atoms with E-state index < -0.39 is 22.0 Å². The normalized spacial score (nSPS) is 12.5. The van der Waals surface area contributed by atoms with Crippen molar-refractivity contribution < 1.29 is 18.0 Å². The minimum absolute atomic E-state index is 0.0659. The van der Waals surface area contributed by atoms with Crippen LogP contribution in [-0.4, -0.2) is 50.0 Å². The van der Waals surface area contributed by atoms with Crippen molar-refractivity contribution in [1.29, 1.82) is 0 Å². The van der Waals surface area contributed by atoms with Gasteiger partial charge in [-0.2, -0.15) is 0 Å². The molecule has 0 saturated carbocycles. The maximum atomic E-state index is 13.7. The zero-order valence-electron chi connectivity index (χ0n) is 21.0. The first-order valence-electron chi connectivity index (χ1n) is 11.7. The van der Waals surface area contributed by atoms with E-state index in [1.807, 2.05) is 77.1 Å². The fraction of sp³-hybridized carbons (Fsp3) is 0.462. The number of rotatable bonds is 11. The summed E-state index contributed by atoms with van der Waals surface area (Å²) in [4.78, 5) is 28.2. The molecule has 0 aliphatic rings. The number of hydrogen-bond donors (Lipinski definition) is 1. The third-order valence-corrected chi connectivity index (χ3v) is 6.65. The van der Waals surface area contributed by atoms with Crippen LogP contribution in [0.3, 0.4) is 0 Å². The minimum atomic E-state index is -3.76. The highest BCUT2D eigenvalue weighted by atomic mass is 32.2. The van der Waals surface area contributed by atoms with Gasteiger partial charge < -0.3 is 10.2 Å². The number of nitrogens with one attached hydrogen (secondary N) is 1. The highest BCUT2D eigenvalue weighted by molar-refractivity contribution is 7.92. The molecule has 0 fully saturated rings. The predicted octanol–water partition coefficient (Wildman–Crippen LogP) is 3.91. The largest absolute Gasteiger partial charge is 0.352 e. The molecule has 1 atom stereocenters. The number of amides is 2. The third-order valence-electron chi connectivity index (χ3n) is 5.52. The van der Waals surface area contributed by atoms with Crippen LogP contribution in [0.4, 0.5) is 5.69 Å². The molecule has 7 nitrogen and oxygen atoms in total. The van der Waals surface area contributed by atoms with E-state index >= 15 is 0 Å². The molecule has 0 aromatic heterocycles. The lowest BCUT2D eigenvalue weighted by atomic mass is 10.0. The number of hydrogen-bond acceptors (Lipinski definition) is 4. The maximum Gasteiger partial charge on any atom is 0.244 e. The van der Waals surface area contributed by atoms with Crippen LogP contribution in [0.2, 0.25) is 0 Å². The average Bonchev–Trinajstić information content (AvgIpc) is 2.76. The molecule has 0 aliphatic carbocycles. The van der Waals surface area contributed by atoms with E-state index in [-0.39, 0.29) is 31.0 Å². The molecule has 0 aliphatic heterocycles. The molecule has 2 rings (SSSR count). The fourth-order valence-electron chi connectivity index (χ4n) is 3.88. The summed E-state index contributed by atoms with van der Waals surface area (Å²) in [5, 5.41) is 2.89. The van der Waals surface area contributed by atoms with Crippen LogP contribution < -0.4 is 9.62 Å². The van der Waals surface area contributed by atoms with Gasteiger partial charge >= 0.3 is 0 Å². The van der Waals surface area contributed by atoms with Crippen molar-refractivity contribution in [3.05, 3.63) is 65.7 Å². The topological polar surface area (TPSA) is 86.8 Å².